The molecule has 0 nitrogen and oxygen atoms in total. The van der Waals surface area contributed by atoms with E-state index in [0.717, 1.165) is 18.4 Å². The highest BCUT2D eigenvalue weighted by molar-refractivity contribution is 5.26. The molecule has 0 saturated heterocycles. The van der Waals surface area contributed by atoms with Gasteiger partial charge in [-0.25, -0.2) is 0 Å². The molecular formula is C14H22. The molecule has 0 aliphatic carbocycles. The molecule has 78 valence electrons. The van der Waals surface area contributed by atoms with Crippen LogP contribution in [0.25, 0.3) is 0 Å². The monoisotopic (exact) mass is 190 g/mol. The summed E-state index contributed by atoms with van der Waals surface area (Å²) in [5, 5.41) is 0. The SMILES string of the molecule is C=CCC(=C)C(=C)CCCC(C)C=C. The molecule has 1 unspecified atom stereocenters. The van der Waals surface area contributed by atoms with Crippen LogP contribution in [0.4, 0.5) is 0 Å². The number of allylic oxidation sites excluding steroid dienone is 4. The maximum absolute atomic E-state index is 4.02. The van der Waals surface area contributed by atoms with E-state index in [1.807, 2.05) is 12.2 Å². The largest absolute Gasteiger partial charge is 0.103 e. The van der Waals surface area contributed by atoms with E-state index in [-0.39, 0.29) is 0 Å². The fraction of sp³-hybridized carbons (Fsp3) is 0.429. The van der Waals surface area contributed by atoms with Crippen molar-refractivity contribution >= 4 is 0 Å². The first kappa shape index (κ1) is 13.0. The zero-order valence-corrected chi connectivity index (χ0v) is 9.39. The fourth-order valence-electron chi connectivity index (χ4n) is 1.25. The van der Waals surface area contributed by atoms with Crippen LogP contribution in [0.3, 0.4) is 0 Å². The molecule has 0 aromatic heterocycles. The third-order valence-electron chi connectivity index (χ3n) is 2.43. The molecule has 0 bridgehead atoms. The fourth-order valence-corrected chi connectivity index (χ4v) is 1.25. The van der Waals surface area contributed by atoms with Gasteiger partial charge in [0.25, 0.3) is 0 Å². The lowest BCUT2D eigenvalue weighted by Crippen LogP contribution is -1.91. The summed E-state index contributed by atoms with van der Waals surface area (Å²) in [4.78, 5) is 0. The molecule has 0 radical (unpaired) electrons. The third kappa shape index (κ3) is 5.58. The van der Waals surface area contributed by atoms with Crippen LogP contribution in [0.1, 0.15) is 32.6 Å². The smallest absolute Gasteiger partial charge is 0.0103 e. The van der Waals surface area contributed by atoms with Gasteiger partial charge in [-0.15, -0.1) is 13.2 Å². The second kappa shape index (κ2) is 7.37. The van der Waals surface area contributed by atoms with Gasteiger partial charge in [0, 0.05) is 0 Å². The highest BCUT2D eigenvalue weighted by Gasteiger charge is 2.00. The second-order valence-corrected chi connectivity index (χ2v) is 3.81. The van der Waals surface area contributed by atoms with Crippen molar-refractivity contribution in [2.45, 2.75) is 32.6 Å². The summed E-state index contributed by atoms with van der Waals surface area (Å²) < 4.78 is 0. The first-order valence-electron chi connectivity index (χ1n) is 5.21. The van der Waals surface area contributed by atoms with Crippen molar-refractivity contribution in [3.8, 4) is 0 Å². The van der Waals surface area contributed by atoms with Crippen molar-refractivity contribution in [1.82, 2.24) is 0 Å². The van der Waals surface area contributed by atoms with Crippen LogP contribution in [0, 0.1) is 5.92 Å². The van der Waals surface area contributed by atoms with Crippen molar-refractivity contribution < 1.29 is 0 Å². The Labute approximate surface area is 88.7 Å². The highest BCUT2D eigenvalue weighted by Crippen LogP contribution is 2.18. The van der Waals surface area contributed by atoms with Gasteiger partial charge in [0.2, 0.25) is 0 Å². The van der Waals surface area contributed by atoms with Crippen molar-refractivity contribution in [3.05, 3.63) is 49.6 Å². The molecule has 0 aliphatic heterocycles. The number of hydrogen-bond acceptors (Lipinski definition) is 0. The summed E-state index contributed by atoms with van der Waals surface area (Å²) in [6.45, 7) is 17.6. The maximum Gasteiger partial charge on any atom is -0.0103 e. The van der Waals surface area contributed by atoms with Gasteiger partial charge >= 0.3 is 0 Å². The van der Waals surface area contributed by atoms with Gasteiger partial charge in [-0.2, -0.15) is 0 Å². The Hall–Kier alpha value is -1.04. The van der Waals surface area contributed by atoms with Gasteiger partial charge in [0.05, 0.1) is 0 Å². The van der Waals surface area contributed by atoms with Gasteiger partial charge in [-0.3, -0.25) is 0 Å². The zero-order valence-electron chi connectivity index (χ0n) is 9.39. The van der Waals surface area contributed by atoms with Crippen molar-refractivity contribution in [1.29, 1.82) is 0 Å². The van der Waals surface area contributed by atoms with Crippen LogP contribution >= 0.6 is 0 Å². The van der Waals surface area contributed by atoms with E-state index in [4.69, 9.17) is 0 Å². The van der Waals surface area contributed by atoms with Crippen LogP contribution in [0.5, 0.6) is 0 Å². The highest BCUT2D eigenvalue weighted by atomic mass is 14.1. The summed E-state index contributed by atoms with van der Waals surface area (Å²) in [6.07, 6.45) is 8.13. The molecule has 0 heterocycles. The molecule has 14 heavy (non-hydrogen) atoms. The van der Waals surface area contributed by atoms with Crippen LogP contribution in [0.2, 0.25) is 0 Å². The average Bonchev–Trinajstić information content (AvgIpc) is 2.17. The topological polar surface area (TPSA) is 0 Å². The molecular weight excluding hydrogens is 168 g/mol. The summed E-state index contributed by atoms with van der Waals surface area (Å²) in [5.41, 5.74) is 2.28. The van der Waals surface area contributed by atoms with Crippen molar-refractivity contribution in [3.63, 3.8) is 0 Å². The molecule has 0 heteroatoms. The Morgan fingerprint density at radius 1 is 1.21 bits per heavy atom. The van der Waals surface area contributed by atoms with E-state index >= 15 is 0 Å². The Kier molecular flexibility index (Phi) is 6.82. The molecule has 1 atom stereocenters. The molecule has 0 saturated carbocycles. The first-order chi connectivity index (χ1) is 6.61. The quantitative estimate of drug-likeness (QED) is 0.385. The Balaban J connectivity index is 3.68. The van der Waals surface area contributed by atoms with Crippen LogP contribution < -0.4 is 0 Å². The van der Waals surface area contributed by atoms with Gasteiger partial charge in [-0.05, 0) is 37.2 Å². The third-order valence-corrected chi connectivity index (χ3v) is 2.43. The standard InChI is InChI=1S/C14H22/c1-6-9-13(4)14(5)11-8-10-12(3)7-2/h6-7,12H,1-2,4-5,8-11H2,3H3. The second-order valence-electron chi connectivity index (χ2n) is 3.81. The van der Waals surface area contributed by atoms with E-state index < -0.39 is 0 Å². The lowest BCUT2D eigenvalue weighted by molar-refractivity contribution is 0.607. The molecule has 0 rings (SSSR count). The normalized spacial score (nSPS) is 11.8. The van der Waals surface area contributed by atoms with Crippen molar-refractivity contribution in [2.24, 2.45) is 5.92 Å². The van der Waals surface area contributed by atoms with E-state index in [9.17, 15) is 0 Å². The zero-order chi connectivity index (χ0) is 11.0. The van der Waals surface area contributed by atoms with E-state index in [1.165, 1.54) is 18.4 Å². The number of hydrogen-bond donors (Lipinski definition) is 0. The predicted octanol–water partition coefficient (Wildman–Crippen LogP) is 4.67. The van der Waals surface area contributed by atoms with Gasteiger partial charge in [0.15, 0.2) is 0 Å². The van der Waals surface area contributed by atoms with Crippen LogP contribution in [-0.4, -0.2) is 0 Å². The molecule has 0 aromatic rings. The minimum atomic E-state index is 0.607. The predicted molar refractivity (Wildman–Crippen MR) is 66.3 cm³/mol. The Morgan fingerprint density at radius 3 is 2.36 bits per heavy atom. The molecule has 0 aliphatic rings. The summed E-state index contributed by atoms with van der Waals surface area (Å²) in [7, 11) is 0. The lowest BCUT2D eigenvalue weighted by Gasteiger charge is -2.09. The summed E-state index contributed by atoms with van der Waals surface area (Å²) >= 11 is 0. The van der Waals surface area contributed by atoms with E-state index in [2.05, 4.69) is 33.2 Å². The number of rotatable bonds is 8. The molecule has 0 amide bonds. The minimum absolute atomic E-state index is 0.607. The Morgan fingerprint density at radius 2 is 1.86 bits per heavy atom. The summed E-state index contributed by atoms with van der Waals surface area (Å²) in [6, 6.07) is 0. The van der Waals surface area contributed by atoms with Gasteiger partial charge in [-0.1, -0.05) is 37.8 Å². The lowest BCUT2D eigenvalue weighted by atomic mass is 9.97. The average molecular weight is 190 g/mol. The molecule has 0 N–H and O–H groups in total. The minimum Gasteiger partial charge on any atom is -0.103 e. The van der Waals surface area contributed by atoms with Gasteiger partial charge in [0.1, 0.15) is 0 Å². The Bertz CT molecular complexity index is 220. The van der Waals surface area contributed by atoms with E-state index in [1.54, 1.807) is 0 Å². The van der Waals surface area contributed by atoms with E-state index in [0.29, 0.717) is 5.92 Å². The molecule has 0 aromatic carbocycles. The van der Waals surface area contributed by atoms with Crippen LogP contribution in [-0.2, 0) is 0 Å². The molecule has 0 spiro atoms. The van der Waals surface area contributed by atoms with Crippen molar-refractivity contribution in [2.75, 3.05) is 0 Å². The first-order valence-corrected chi connectivity index (χ1v) is 5.21. The van der Waals surface area contributed by atoms with Crippen LogP contribution in [0.15, 0.2) is 49.6 Å². The molecule has 0 fully saturated rings. The van der Waals surface area contributed by atoms with Gasteiger partial charge < -0.3 is 0 Å². The maximum atomic E-state index is 4.02. The summed E-state index contributed by atoms with van der Waals surface area (Å²) in [5.74, 6) is 0.607.